The Kier molecular flexibility index (Phi) is 5.49. The molecular weight excluding hydrogens is 350 g/mol. The van der Waals surface area contributed by atoms with Crippen LogP contribution in [-0.4, -0.2) is 66.9 Å². The van der Waals surface area contributed by atoms with E-state index in [1.165, 1.54) is 0 Å². The number of benzene rings is 1. The highest BCUT2D eigenvalue weighted by Gasteiger charge is 2.31. The van der Waals surface area contributed by atoms with Gasteiger partial charge in [0.15, 0.2) is 0 Å². The van der Waals surface area contributed by atoms with Gasteiger partial charge in [0.1, 0.15) is 6.07 Å². The van der Waals surface area contributed by atoms with Crippen molar-refractivity contribution in [1.29, 1.82) is 5.26 Å². The number of pyridine rings is 1. The molecule has 2 saturated heterocycles. The van der Waals surface area contributed by atoms with Crippen LogP contribution in [0.15, 0.2) is 30.5 Å². The van der Waals surface area contributed by atoms with E-state index in [9.17, 15) is 5.26 Å². The van der Waals surface area contributed by atoms with E-state index in [4.69, 9.17) is 4.74 Å². The third-order valence-electron chi connectivity index (χ3n) is 5.87. The Morgan fingerprint density at radius 1 is 1.21 bits per heavy atom. The van der Waals surface area contributed by atoms with Gasteiger partial charge in [0.25, 0.3) is 0 Å². The number of nitriles is 1. The number of hydrogen-bond donors (Lipinski definition) is 1. The van der Waals surface area contributed by atoms with Gasteiger partial charge in [0, 0.05) is 62.1 Å². The van der Waals surface area contributed by atoms with Gasteiger partial charge >= 0.3 is 0 Å². The molecule has 0 spiro atoms. The summed E-state index contributed by atoms with van der Waals surface area (Å²) in [5, 5.41) is 14.0. The molecule has 6 heteroatoms. The highest BCUT2D eigenvalue weighted by Crippen LogP contribution is 2.30. The first kappa shape index (κ1) is 19.1. The molecule has 2 aromatic rings. The van der Waals surface area contributed by atoms with Crippen LogP contribution in [0.5, 0.6) is 0 Å². The topological polar surface area (TPSA) is 64.4 Å². The molecule has 2 unspecified atom stereocenters. The molecule has 2 fully saturated rings. The van der Waals surface area contributed by atoms with E-state index in [-0.39, 0.29) is 12.2 Å². The molecule has 1 aromatic carbocycles. The number of anilines is 1. The molecule has 0 radical (unpaired) electrons. The van der Waals surface area contributed by atoms with Gasteiger partial charge in [-0.15, -0.1) is 0 Å². The van der Waals surface area contributed by atoms with Crippen LogP contribution in [0.3, 0.4) is 0 Å². The van der Waals surface area contributed by atoms with Crippen LogP contribution in [0.2, 0.25) is 0 Å². The van der Waals surface area contributed by atoms with Crippen LogP contribution in [0, 0.1) is 11.3 Å². The molecule has 4 atom stereocenters. The highest BCUT2D eigenvalue weighted by molar-refractivity contribution is 5.95. The summed E-state index contributed by atoms with van der Waals surface area (Å²) in [4.78, 5) is 9.41. The smallest absolute Gasteiger partial charge is 0.101 e. The zero-order chi connectivity index (χ0) is 19.7. The van der Waals surface area contributed by atoms with Gasteiger partial charge in [-0.05, 0) is 45.0 Å². The first-order valence-electron chi connectivity index (χ1n) is 10.2. The zero-order valence-electron chi connectivity index (χ0n) is 16.9. The van der Waals surface area contributed by atoms with E-state index in [2.05, 4.69) is 59.1 Å². The maximum atomic E-state index is 9.42. The average Bonchev–Trinajstić information content (AvgIpc) is 2.69. The summed E-state index contributed by atoms with van der Waals surface area (Å²) in [6.45, 7) is 11.4. The van der Waals surface area contributed by atoms with Crippen molar-refractivity contribution in [3.8, 4) is 6.07 Å². The van der Waals surface area contributed by atoms with Gasteiger partial charge in [-0.1, -0.05) is 0 Å². The minimum atomic E-state index is 0.164. The molecule has 0 aliphatic carbocycles. The standard InChI is InChI=1S/C22H29N5O/c1-15-11-26(16(2)10-25-15)13-19-14-27(12-17(3)28-19)21-7-6-18(9-23)22-20(21)5-4-8-24-22/h4-8,15-17,19,25H,10-14H2,1-3H3/t15?,16?,17-,19+/m1/s1. The van der Waals surface area contributed by atoms with Crippen molar-refractivity contribution in [2.45, 2.75) is 45.1 Å². The fourth-order valence-electron chi connectivity index (χ4n) is 4.48. The van der Waals surface area contributed by atoms with Crippen LogP contribution in [0.4, 0.5) is 5.69 Å². The van der Waals surface area contributed by atoms with Crippen molar-refractivity contribution in [2.24, 2.45) is 0 Å². The van der Waals surface area contributed by atoms with E-state index in [1.807, 2.05) is 12.1 Å². The molecule has 1 N–H and O–H groups in total. The summed E-state index contributed by atoms with van der Waals surface area (Å²) < 4.78 is 6.31. The predicted octanol–water partition coefficient (Wildman–Crippen LogP) is 2.38. The third kappa shape index (κ3) is 3.83. The Hall–Kier alpha value is -2.20. The lowest BCUT2D eigenvalue weighted by Crippen LogP contribution is -2.58. The largest absolute Gasteiger partial charge is 0.370 e. The van der Waals surface area contributed by atoms with Gasteiger partial charge in [0.2, 0.25) is 0 Å². The lowest BCUT2D eigenvalue weighted by molar-refractivity contribution is -0.0415. The van der Waals surface area contributed by atoms with Crippen molar-refractivity contribution in [1.82, 2.24) is 15.2 Å². The Morgan fingerprint density at radius 2 is 2.07 bits per heavy atom. The lowest BCUT2D eigenvalue weighted by atomic mass is 10.1. The molecule has 3 heterocycles. The Bertz CT molecular complexity index is 879. The van der Waals surface area contributed by atoms with E-state index in [0.29, 0.717) is 17.6 Å². The van der Waals surface area contributed by atoms with Gasteiger partial charge in [-0.3, -0.25) is 9.88 Å². The number of piperazine rings is 1. The van der Waals surface area contributed by atoms with Crippen molar-refractivity contribution >= 4 is 16.6 Å². The average molecular weight is 380 g/mol. The van der Waals surface area contributed by atoms with Crippen molar-refractivity contribution in [3.63, 3.8) is 0 Å². The van der Waals surface area contributed by atoms with E-state index in [0.717, 1.165) is 49.3 Å². The molecule has 148 valence electrons. The van der Waals surface area contributed by atoms with Gasteiger partial charge in [0.05, 0.1) is 23.3 Å². The van der Waals surface area contributed by atoms with E-state index in [1.54, 1.807) is 6.20 Å². The van der Waals surface area contributed by atoms with Crippen molar-refractivity contribution < 1.29 is 4.74 Å². The second kappa shape index (κ2) is 8.04. The molecule has 0 saturated carbocycles. The summed E-state index contributed by atoms with van der Waals surface area (Å²) in [5.41, 5.74) is 2.55. The fourth-order valence-corrected chi connectivity index (χ4v) is 4.48. The number of hydrogen-bond acceptors (Lipinski definition) is 6. The quantitative estimate of drug-likeness (QED) is 0.883. The van der Waals surface area contributed by atoms with Gasteiger partial charge < -0.3 is 15.0 Å². The van der Waals surface area contributed by atoms with Gasteiger partial charge in [-0.25, -0.2) is 0 Å². The SMILES string of the molecule is CC1CN(C[C@H]2CN(c3ccc(C#N)c4ncccc34)C[C@@H](C)O2)C(C)CN1. The van der Waals surface area contributed by atoms with Crippen LogP contribution in [-0.2, 0) is 4.74 Å². The molecule has 4 rings (SSSR count). The normalized spacial score (nSPS) is 29.0. The Labute approximate surface area is 167 Å². The fraction of sp³-hybridized carbons (Fsp3) is 0.545. The highest BCUT2D eigenvalue weighted by atomic mass is 16.5. The van der Waals surface area contributed by atoms with Crippen LogP contribution in [0.25, 0.3) is 10.9 Å². The van der Waals surface area contributed by atoms with Crippen molar-refractivity contribution in [3.05, 3.63) is 36.0 Å². The number of aromatic nitrogens is 1. The number of nitrogens with one attached hydrogen (secondary N) is 1. The summed E-state index contributed by atoms with van der Waals surface area (Å²) in [5.74, 6) is 0. The summed E-state index contributed by atoms with van der Waals surface area (Å²) in [7, 11) is 0. The first-order chi connectivity index (χ1) is 13.5. The molecule has 28 heavy (non-hydrogen) atoms. The molecule has 6 nitrogen and oxygen atoms in total. The molecule has 1 aromatic heterocycles. The minimum Gasteiger partial charge on any atom is -0.370 e. The minimum absolute atomic E-state index is 0.164. The van der Waals surface area contributed by atoms with Crippen LogP contribution in [0.1, 0.15) is 26.3 Å². The summed E-state index contributed by atoms with van der Waals surface area (Å²) >= 11 is 0. The molecule has 0 bridgehead atoms. The van der Waals surface area contributed by atoms with E-state index < -0.39 is 0 Å². The number of morpholine rings is 1. The number of nitrogens with zero attached hydrogens (tertiary/aromatic N) is 4. The van der Waals surface area contributed by atoms with Gasteiger partial charge in [-0.2, -0.15) is 5.26 Å². The summed E-state index contributed by atoms with van der Waals surface area (Å²) in [6, 6.07) is 11.3. The Balaban J connectivity index is 1.57. The number of ether oxygens (including phenoxy) is 1. The predicted molar refractivity (Wildman–Crippen MR) is 112 cm³/mol. The Morgan fingerprint density at radius 3 is 2.89 bits per heavy atom. The van der Waals surface area contributed by atoms with Crippen LogP contribution >= 0.6 is 0 Å². The molecule has 2 aliphatic rings. The second-order valence-corrected chi connectivity index (χ2v) is 8.23. The van der Waals surface area contributed by atoms with Crippen molar-refractivity contribution in [2.75, 3.05) is 37.6 Å². The second-order valence-electron chi connectivity index (χ2n) is 8.23. The maximum Gasteiger partial charge on any atom is 0.101 e. The number of fused-ring (bicyclic) bond motifs is 1. The maximum absolute atomic E-state index is 9.42. The number of rotatable bonds is 3. The molecule has 0 amide bonds. The third-order valence-corrected chi connectivity index (χ3v) is 5.87. The zero-order valence-corrected chi connectivity index (χ0v) is 16.9. The lowest BCUT2D eigenvalue weighted by Gasteiger charge is -2.43. The van der Waals surface area contributed by atoms with Crippen LogP contribution < -0.4 is 10.2 Å². The molecular formula is C22H29N5O. The summed E-state index contributed by atoms with van der Waals surface area (Å²) in [6.07, 6.45) is 2.08. The van der Waals surface area contributed by atoms with E-state index >= 15 is 0 Å². The molecule has 2 aliphatic heterocycles. The monoisotopic (exact) mass is 379 g/mol. The first-order valence-corrected chi connectivity index (χ1v) is 10.2.